The first-order valence-corrected chi connectivity index (χ1v) is 5.71. The SMILES string of the molecule is CC[C@H]1CC1N1C(=O)c2ccccc2C1=O. The molecular weight excluding hydrogens is 202 g/mol. The number of rotatable bonds is 2. The van der Waals surface area contributed by atoms with Gasteiger partial charge in [-0.25, -0.2) is 0 Å². The summed E-state index contributed by atoms with van der Waals surface area (Å²) in [4.78, 5) is 25.6. The summed E-state index contributed by atoms with van der Waals surface area (Å²) in [6.45, 7) is 2.10. The summed E-state index contributed by atoms with van der Waals surface area (Å²) >= 11 is 0. The molecule has 16 heavy (non-hydrogen) atoms. The van der Waals surface area contributed by atoms with Crippen LogP contribution in [0.4, 0.5) is 0 Å². The van der Waals surface area contributed by atoms with Crippen molar-refractivity contribution in [1.82, 2.24) is 4.90 Å². The highest BCUT2D eigenvalue weighted by Crippen LogP contribution is 2.41. The van der Waals surface area contributed by atoms with Gasteiger partial charge < -0.3 is 0 Å². The number of carbonyl (C=O) groups is 2. The standard InChI is InChI=1S/C13H13NO2/c1-2-8-7-11(8)14-12(15)9-5-3-4-6-10(9)13(14)16/h3-6,8,11H,2,7H2,1H3/t8-,11?/m0/s1. The molecule has 1 unspecified atom stereocenters. The monoisotopic (exact) mass is 215 g/mol. The summed E-state index contributed by atoms with van der Waals surface area (Å²) in [6, 6.07) is 7.23. The van der Waals surface area contributed by atoms with Crippen LogP contribution in [0.25, 0.3) is 0 Å². The van der Waals surface area contributed by atoms with E-state index in [9.17, 15) is 9.59 Å². The van der Waals surface area contributed by atoms with Crippen LogP contribution in [-0.2, 0) is 0 Å². The second-order valence-corrected chi connectivity index (χ2v) is 4.50. The van der Waals surface area contributed by atoms with Crippen LogP contribution in [0.1, 0.15) is 40.5 Å². The van der Waals surface area contributed by atoms with E-state index >= 15 is 0 Å². The summed E-state index contributed by atoms with van der Waals surface area (Å²) < 4.78 is 0. The molecule has 1 aliphatic heterocycles. The van der Waals surface area contributed by atoms with Crippen LogP contribution in [0.3, 0.4) is 0 Å². The number of benzene rings is 1. The first-order chi connectivity index (χ1) is 7.74. The smallest absolute Gasteiger partial charge is 0.261 e. The summed E-state index contributed by atoms with van der Waals surface area (Å²) in [7, 11) is 0. The van der Waals surface area contributed by atoms with Gasteiger partial charge in [-0.2, -0.15) is 0 Å². The van der Waals surface area contributed by atoms with E-state index in [1.54, 1.807) is 24.3 Å². The molecule has 3 rings (SSSR count). The van der Waals surface area contributed by atoms with Crippen LogP contribution >= 0.6 is 0 Å². The van der Waals surface area contributed by atoms with Crippen LogP contribution in [0.5, 0.6) is 0 Å². The quantitative estimate of drug-likeness (QED) is 0.708. The van der Waals surface area contributed by atoms with E-state index in [4.69, 9.17) is 0 Å². The highest BCUT2D eigenvalue weighted by molar-refractivity contribution is 6.21. The van der Waals surface area contributed by atoms with Gasteiger partial charge in [0.15, 0.2) is 0 Å². The Morgan fingerprint density at radius 2 is 1.75 bits per heavy atom. The third-order valence-electron chi connectivity index (χ3n) is 3.57. The van der Waals surface area contributed by atoms with Crippen molar-refractivity contribution in [3.05, 3.63) is 35.4 Å². The predicted molar refractivity (Wildman–Crippen MR) is 59.1 cm³/mol. The zero-order valence-corrected chi connectivity index (χ0v) is 9.14. The second-order valence-electron chi connectivity index (χ2n) is 4.50. The van der Waals surface area contributed by atoms with E-state index in [0.717, 1.165) is 12.8 Å². The molecule has 82 valence electrons. The topological polar surface area (TPSA) is 37.4 Å². The number of carbonyl (C=O) groups excluding carboxylic acids is 2. The molecule has 0 bridgehead atoms. The molecule has 1 aliphatic carbocycles. The van der Waals surface area contributed by atoms with E-state index in [1.165, 1.54) is 4.90 Å². The minimum absolute atomic E-state index is 0.110. The summed E-state index contributed by atoms with van der Waals surface area (Å²) in [6.07, 6.45) is 2.01. The van der Waals surface area contributed by atoms with Crippen LogP contribution in [0, 0.1) is 5.92 Å². The van der Waals surface area contributed by atoms with Crippen molar-refractivity contribution in [1.29, 1.82) is 0 Å². The number of fused-ring (bicyclic) bond motifs is 1. The second kappa shape index (κ2) is 3.17. The van der Waals surface area contributed by atoms with Crippen molar-refractivity contribution in [2.45, 2.75) is 25.8 Å². The maximum atomic E-state index is 12.1. The van der Waals surface area contributed by atoms with Crippen molar-refractivity contribution < 1.29 is 9.59 Å². The largest absolute Gasteiger partial charge is 0.271 e. The molecule has 1 fully saturated rings. The molecule has 2 aliphatic rings. The van der Waals surface area contributed by atoms with Gasteiger partial charge in [-0.1, -0.05) is 25.5 Å². The molecule has 2 atom stereocenters. The van der Waals surface area contributed by atoms with E-state index in [1.807, 2.05) is 0 Å². The first-order valence-electron chi connectivity index (χ1n) is 5.71. The Hall–Kier alpha value is -1.64. The fourth-order valence-electron chi connectivity index (χ4n) is 2.50. The average Bonchev–Trinajstić information content (AvgIpc) is 3.03. The number of amides is 2. The molecule has 1 saturated carbocycles. The van der Waals surface area contributed by atoms with E-state index < -0.39 is 0 Å². The van der Waals surface area contributed by atoms with Gasteiger partial charge in [0.05, 0.1) is 11.1 Å². The molecule has 1 aromatic carbocycles. The van der Waals surface area contributed by atoms with Gasteiger partial charge in [0.25, 0.3) is 11.8 Å². The molecule has 3 nitrogen and oxygen atoms in total. The molecule has 3 heteroatoms. The van der Waals surface area contributed by atoms with Crippen LogP contribution in [-0.4, -0.2) is 22.8 Å². The normalized spacial score (nSPS) is 27.2. The summed E-state index contributed by atoms with van der Waals surface area (Å²) in [5.41, 5.74) is 1.13. The third kappa shape index (κ3) is 1.14. The highest BCUT2D eigenvalue weighted by atomic mass is 16.2. The first kappa shape index (κ1) is 9.58. The van der Waals surface area contributed by atoms with Crippen molar-refractivity contribution in [2.75, 3.05) is 0 Å². The Bertz CT molecular complexity index is 446. The van der Waals surface area contributed by atoms with Gasteiger partial charge in [-0.05, 0) is 24.5 Å². The van der Waals surface area contributed by atoms with E-state index in [-0.39, 0.29) is 17.9 Å². The molecule has 0 saturated heterocycles. The lowest BCUT2D eigenvalue weighted by atomic mass is 10.1. The Morgan fingerprint density at radius 3 is 2.19 bits per heavy atom. The van der Waals surface area contributed by atoms with Gasteiger partial charge >= 0.3 is 0 Å². The number of hydrogen-bond donors (Lipinski definition) is 0. The fourth-order valence-corrected chi connectivity index (χ4v) is 2.50. The van der Waals surface area contributed by atoms with Crippen LogP contribution in [0.2, 0.25) is 0 Å². The lowest BCUT2D eigenvalue weighted by molar-refractivity contribution is 0.0634. The van der Waals surface area contributed by atoms with Gasteiger partial charge in [-0.15, -0.1) is 0 Å². The van der Waals surface area contributed by atoms with Crippen LogP contribution in [0.15, 0.2) is 24.3 Å². The van der Waals surface area contributed by atoms with Crippen molar-refractivity contribution in [3.63, 3.8) is 0 Å². The fraction of sp³-hybridized carbons (Fsp3) is 0.385. The van der Waals surface area contributed by atoms with Gasteiger partial charge in [-0.3, -0.25) is 14.5 Å². The summed E-state index contributed by atoms with van der Waals surface area (Å²) in [5.74, 6) is 0.297. The molecule has 0 aromatic heterocycles. The molecule has 2 amide bonds. The Kier molecular flexibility index (Phi) is 1.90. The van der Waals surface area contributed by atoms with Crippen molar-refractivity contribution in [3.8, 4) is 0 Å². The average molecular weight is 215 g/mol. The van der Waals surface area contributed by atoms with Crippen molar-refractivity contribution in [2.24, 2.45) is 5.92 Å². The number of hydrogen-bond acceptors (Lipinski definition) is 2. The minimum Gasteiger partial charge on any atom is -0.271 e. The Morgan fingerprint density at radius 1 is 1.19 bits per heavy atom. The zero-order chi connectivity index (χ0) is 11.3. The van der Waals surface area contributed by atoms with Gasteiger partial charge in [0, 0.05) is 6.04 Å². The molecule has 0 N–H and O–H groups in total. The Labute approximate surface area is 94.1 Å². The molecular formula is C13H13NO2. The molecule has 1 heterocycles. The van der Waals surface area contributed by atoms with E-state index in [2.05, 4.69) is 6.92 Å². The lowest BCUT2D eigenvalue weighted by Gasteiger charge is -2.12. The molecule has 1 aromatic rings. The summed E-state index contributed by atoms with van der Waals surface area (Å²) in [5, 5.41) is 0. The van der Waals surface area contributed by atoms with Gasteiger partial charge in [0.2, 0.25) is 0 Å². The van der Waals surface area contributed by atoms with Crippen LogP contribution < -0.4 is 0 Å². The maximum absolute atomic E-state index is 12.1. The number of nitrogens with zero attached hydrogens (tertiary/aromatic N) is 1. The van der Waals surface area contributed by atoms with Gasteiger partial charge in [0.1, 0.15) is 0 Å². The Balaban J connectivity index is 1.96. The maximum Gasteiger partial charge on any atom is 0.261 e. The molecule has 0 spiro atoms. The number of imide groups is 1. The van der Waals surface area contributed by atoms with Crippen molar-refractivity contribution >= 4 is 11.8 Å². The highest BCUT2D eigenvalue weighted by Gasteiger charge is 2.49. The predicted octanol–water partition coefficient (Wildman–Crippen LogP) is 2.08. The van der Waals surface area contributed by atoms with E-state index in [0.29, 0.717) is 17.0 Å². The molecule has 0 radical (unpaired) electrons. The lowest BCUT2D eigenvalue weighted by Crippen LogP contribution is -2.32. The zero-order valence-electron chi connectivity index (χ0n) is 9.14. The minimum atomic E-state index is -0.110. The third-order valence-corrected chi connectivity index (χ3v) is 3.57.